The number of hydrogen-bond donors (Lipinski definition) is 2. The highest BCUT2D eigenvalue weighted by atomic mass is 16.5. The first-order valence-electron chi connectivity index (χ1n) is 9.65. The zero-order valence-electron chi connectivity index (χ0n) is 17.9. The largest absolute Gasteiger partial charge is 0.396 e. The zero-order valence-corrected chi connectivity index (χ0v) is 17.9. The number of ether oxygens (including phenoxy) is 1. The van der Waals surface area contributed by atoms with Crippen molar-refractivity contribution in [3.8, 4) is 0 Å². The molecule has 0 saturated heterocycles. The van der Waals surface area contributed by atoms with Crippen molar-refractivity contribution in [1.29, 1.82) is 0 Å². The van der Waals surface area contributed by atoms with Gasteiger partial charge in [-0.1, -0.05) is 34.6 Å². The maximum Gasteiger partial charge on any atom is 0.219 e. The minimum Gasteiger partial charge on any atom is -0.396 e. The zero-order chi connectivity index (χ0) is 20.3. The van der Waals surface area contributed by atoms with Gasteiger partial charge in [0.2, 0.25) is 5.91 Å². The second-order valence-corrected chi connectivity index (χ2v) is 6.82. The van der Waals surface area contributed by atoms with Gasteiger partial charge in [0, 0.05) is 26.0 Å². The van der Waals surface area contributed by atoms with Crippen molar-refractivity contribution in [2.75, 3.05) is 19.8 Å². The predicted molar refractivity (Wildman–Crippen MR) is 106 cm³/mol. The molecule has 25 heavy (non-hydrogen) atoms. The number of nitrogens with one attached hydrogen (secondary N) is 1. The Morgan fingerprint density at radius 2 is 1.72 bits per heavy atom. The van der Waals surface area contributed by atoms with Crippen molar-refractivity contribution in [2.45, 2.75) is 93.1 Å². The third-order valence-electron chi connectivity index (χ3n) is 3.18. The topological polar surface area (TPSA) is 75.6 Å². The number of Topliss-reactive ketones (excluding diaryl/α,β-unsaturated/α-hetero) is 1. The molecular formula is C20H43NO4. The average molecular weight is 362 g/mol. The van der Waals surface area contributed by atoms with Gasteiger partial charge < -0.3 is 15.2 Å². The molecule has 0 aliphatic rings. The Morgan fingerprint density at radius 1 is 1.16 bits per heavy atom. The SMILES string of the molecule is CC.CC(=O)CCOC(C)(C)CCO.CCCC(=O)NCCC(C)C. The fourth-order valence-electron chi connectivity index (χ4n) is 1.63. The first kappa shape index (κ1) is 28.8. The molecule has 0 spiro atoms. The molecule has 0 heterocycles. The monoisotopic (exact) mass is 361 g/mol. The minimum absolute atomic E-state index is 0.118. The molecule has 5 nitrogen and oxygen atoms in total. The lowest BCUT2D eigenvalue weighted by molar-refractivity contribution is -0.121. The Morgan fingerprint density at radius 3 is 2.12 bits per heavy atom. The number of carbonyl (C=O) groups excluding carboxylic acids is 2. The summed E-state index contributed by atoms with van der Waals surface area (Å²) in [4.78, 5) is 21.5. The van der Waals surface area contributed by atoms with Crippen molar-refractivity contribution < 1.29 is 19.4 Å². The number of ketones is 1. The quantitative estimate of drug-likeness (QED) is 0.580. The van der Waals surface area contributed by atoms with Gasteiger partial charge in [-0.15, -0.1) is 0 Å². The van der Waals surface area contributed by atoms with Crippen LogP contribution in [0.4, 0.5) is 0 Å². The van der Waals surface area contributed by atoms with Crippen LogP contribution >= 0.6 is 0 Å². The number of rotatable bonds is 11. The van der Waals surface area contributed by atoms with Crippen LogP contribution in [0.15, 0.2) is 0 Å². The van der Waals surface area contributed by atoms with Crippen molar-refractivity contribution in [2.24, 2.45) is 5.92 Å². The Labute approximate surface area is 155 Å². The Bertz CT molecular complexity index is 315. The molecule has 0 aromatic carbocycles. The van der Waals surface area contributed by atoms with Crippen molar-refractivity contribution in [3.05, 3.63) is 0 Å². The van der Waals surface area contributed by atoms with Crippen LogP contribution in [0.1, 0.15) is 87.5 Å². The third kappa shape index (κ3) is 28.2. The number of amides is 1. The molecule has 0 aromatic heterocycles. The van der Waals surface area contributed by atoms with E-state index in [1.807, 2.05) is 34.6 Å². The number of hydrogen-bond acceptors (Lipinski definition) is 4. The molecule has 152 valence electrons. The van der Waals surface area contributed by atoms with Gasteiger partial charge in [-0.2, -0.15) is 0 Å². The molecule has 0 aliphatic heterocycles. The molecule has 0 unspecified atom stereocenters. The Kier molecular flexibility index (Phi) is 22.4. The van der Waals surface area contributed by atoms with Gasteiger partial charge in [0.25, 0.3) is 0 Å². The van der Waals surface area contributed by atoms with Gasteiger partial charge >= 0.3 is 0 Å². The van der Waals surface area contributed by atoms with Gasteiger partial charge in [-0.05, 0) is 46.0 Å². The van der Waals surface area contributed by atoms with E-state index in [-0.39, 0.29) is 23.9 Å². The van der Waals surface area contributed by atoms with Crippen molar-refractivity contribution in [1.82, 2.24) is 5.32 Å². The van der Waals surface area contributed by atoms with Gasteiger partial charge in [0.05, 0.1) is 12.2 Å². The first-order valence-corrected chi connectivity index (χ1v) is 9.65. The van der Waals surface area contributed by atoms with E-state index in [1.165, 1.54) is 0 Å². The van der Waals surface area contributed by atoms with Crippen LogP contribution < -0.4 is 5.32 Å². The van der Waals surface area contributed by atoms with Crippen LogP contribution in [-0.4, -0.2) is 42.2 Å². The summed E-state index contributed by atoms with van der Waals surface area (Å²) < 4.78 is 5.40. The number of aliphatic hydroxyl groups excluding tert-OH is 1. The first-order chi connectivity index (χ1) is 11.6. The van der Waals surface area contributed by atoms with E-state index in [0.29, 0.717) is 31.8 Å². The normalized spacial score (nSPS) is 10.3. The molecular weight excluding hydrogens is 318 g/mol. The van der Waals surface area contributed by atoms with E-state index in [2.05, 4.69) is 19.2 Å². The molecule has 0 rings (SSSR count). The lowest BCUT2D eigenvalue weighted by Crippen LogP contribution is -2.26. The van der Waals surface area contributed by atoms with Gasteiger partial charge in [-0.25, -0.2) is 0 Å². The fraction of sp³-hybridized carbons (Fsp3) is 0.900. The molecule has 0 saturated carbocycles. The van der Waals surface area contributed by atoms with Crippen LogP contribution in [0.25, 0.3) is 0 Å². The Balaban J connectivity index is -0.000000353. The van der Waals surface area contributed by atoms with E-state index >= 15 is 0 Å². The second kappa shape index (κ2) is 19.4. The highest BCUT2D eigenvalue weighted by Crippen LogP contribution is 2.13. The van der Waals surface area contributed by atoms with Crippen LogP contribution in [0, 0.1) is 5.92 Å². The predicted octanol–water partition coefficient (Wildman–Crippen LogP) is 4.12. The van der Waals surface area contributed by atoms with Gasteiger partial charge in [-0.3, -0.25) is 9.59 Å². The Hall–Kier alpha value is -0.940. The molecule has 2 N–H and O–H groups in total. The van der Waals surface area contributed by atoms with E-state index < -0.39 is 0 Å². The summed E-state index contributed by atoms with van der Waals surface area (Å²) in [6.45, 7) is 17.1. The lowest BCUT2D eigenvalue weighted by atomic mass is 10.1. The van der Waals surface area contributed by atoms with Crippen molar-refractivity contribution >= 4 is 11.7 Å². The highest BCUT2D eigenvalue weighted by Gasteiger charge is 2.17. The summed E-state index contributed by atoms with van der Waals surface area (Å²) in [6, 6.07) is 0. The molecule has 5 heteroatoms. The van der Waals surface area contributed by atoms with Gasteiger partial charge in [0.15, 0.2) is 0 Å². The van der Waals surface area contributed by atoms with E-state index in [0.717, 1.165) is 19.4 Å². The fourth-order valence-corrected chi connectivity index (χ4v) is 1.63. The summed E-state index contributed by atoms with van der Waals surface area (Å²) in [5, 5.41) is 11.5. The summed E-state index contributed by atoms with van der Waals surface area (Å²) >= 11 is 0. The standard InChI is InChI=1S/C9H19NO.C9H18O3.C2H6/c1-4-5-9(11)10-7-6-8(2)3;1-8(11)4-7-12-9(2,3)5-6-10;1-2/h8H,4-7H2,1-3H3,(H,10,11);10H,4-7H2,1-3H3;1-2H3. The van der Waals surface area contributed by atoms with Crippen molar-refractivity contribution in [3.63, 3.8) is 0 Å². The molecule has 0 bridgehead atoms. The molecule has 0 aliphatic carbocycles. The average Bonchev–Trinajstić information content (AvgIpc) is 2.49. The molecule has 0 atom stereocenters. The second-order valence-electron chi connectivity index (χ2n) is 6.82. The molecule has 1 amide bonds. The van der Waals surface area contributed by atoms with Crippen LogP contribution in [0.5, 0.6) is 0 Å². The number of aliphatic hydroxyl groups is 1. The summed E-state index contributed by atoms with van der Waals surface area (Å²) in [7, 11) is 0. The van der Waals surface area contributed by atoms with E-state index in [4.69, 9.17) is 9.84 Å². The smallest absolute Gasteiger partial charge is 0.219 e. The van der Waals surface area contributed by atoms with Crippen LogP contribution in [-0.2, 0) is 14.3 Å². The van der Waals surface area contributed by atoms with E-state index in [9.17, 15) is 9.59 Å². The van der Waals surface area contributed by atoms with Crippen LogP contribution in [0.3, 0.4) is 0 Å². The lowest BCUT2D eigenvalue weighted by Gasteiger charge is -2.23. The summed E-state index contributed by atoms with van der Waals surface area (Å²) in [5.74, 6) is 1.000. The van der Waals surface area contributed by atoms with Gasteiger partial charge in [0.1, 0.15) is 5.78 Å². The molecule has 0 fully saturated rings. The number of carbonyl (C=O) groups is 2. The third-order valence-corrected chi connectivity index (χ3v) is 3.18. The minimum atomic E-state index is -0.315. The summed E-state index contributed by atoms with van der Waals surface area (Å²) in [5.41, 5.74) is -0.315. The molecule has 0 aromatic rings. The maximum atomic E-state index is 10.9. The highest BCUT2D eigenvalue weighted by molar-refractivity contribution is 5.75. The van der Waals surface area contributed by atoms with E-state index in [1.54, 1.807) is 6.92 Å². The van der Waals surface area contributed by atoms with Crippen LogP contribution in [0.2, 0.25) is 0 Å². The summed E-state index contributed by atoms with van der Waals surface area (Å²) in [6.07, 6.45) is 3.74. The maximum absolute atomic E-state index is 10.9. The molecule has 0 radical (unpaired) electrons.